The maximum atomic E-state index is 12.0. The molecule has 0 unspecified atom stereocenters. The fourth-order valence-corrected chi connectivity index (χ4v) is 2.40. The molecule has 0 radical (unpaired) electrons. The second-order valence-corrected chi connectivity index (χ2v) is 5.19. The maximum absolute atomic E-state index is 12.0. The Kier molecular flexibility index (Phi) is 5.39. The van der Waals surface area contributed by atoms with E-state index in [1.165, 1.54) is 27.2 Å². The van der Waals surface area contributed by atoms with Gasteiger partial charge in [0.1, 0.15) is 30.7 Å². The third kappa shape index (κ3) is 4.02. The number of esters is 3. The van der Waals surface area contributed by atoms with E-state index in [2.05, 4.69) is 9.72 Å². The maximum Gasteiger partial charge on any atom is 0.356 e. The fraction of sp³-hybridized carbons (Fsp3) is 0.571. The highest BCUT2D eigenvalue weighted by atomic mass is 16.6. The minimum atomic E-state index is -0.780. The van der Waals surface area contributed by atoms with Crippen LogP contribution in [0.4, 0.5) is 0 Å². The molecule has 3 atom stereocenters. The topological polar surface area (TPSA) is 126 Å². The minimum Gasteiger partial charge on any atom is -0.464 e. The molecule has 10 nitrogen and oxygen atoms in total. The van der Waals surface area contributed by atoms with Crippen molar-refractivity contribution in [2.24, 2.45) is 0 Å². The third-order valence-corrected chi connectivity index (χ3v) is 3.41. The van der Waals surface area contributed by atoms with Gasteiger partial charge >= 0.3 is 23.6 Å². The summed E-state index contributed by atoms with van der Waals surface area (Å²) in [5, 5.41) is 0. The first-order valence-corrected chi connectivity index (χ1v) is 7.17. The van der Waals surface area contributed by atoms with Crippen LogP contribution >= 0.6 is 0 Å². The number of carbonyl (C=O) groups excluding carboxylic acids is 3. The van der Waals surface area contributed by atoms with Crippen LogP contribution in [0.5, 0.6) is 0 Å². The van der Waals surface area contributed by atoms with E-state index in [1.807, 2.05) is 0 Å². The van der Waals surface area contributed by atoms with Gasteiger partial charge in [-0.2, -0.15) is 0 Å². The van der Waals surface area contributed by atoms with E-state index in [9.17, 15) is 19.2 Å². The van der Waals surface area contributed by atoms with Crippen LogP contribution in [0.1, 0.15) is 37.0 Å². The fourth-order valence-electron chi connectivity index (χ4n) is 2.40. The van der Waals surface area contributed by atoms with Gasteiger partial charge in [-0.1, -0.05) is 0 Å². The first kappa shape index (κ1) is 17.7. The van der Waals surface area contributed by atoms with Crippen molar-refractivity contribution in [3.8, 4) is 0 Å². The van der Waals surface area contributed by atoms with Crippen molar-refractivity contribution >= 4 is 17.9 Å². The van der Waals surface area contributed by atoms with E-state index in [-0.39, 0.29) is 18.7 Å². The zero-order chi connectivity index (χ0) is 17.9. The van der Waals surface area contributed by atoms with Gasteiger partial charge < -0.3 is 18.9 Å². The molecule has 10 heteroatoms. The Morgan fingerprint density at radius 2 is 2.04 bits per heavy atom. The highest BCUT2D eigenvalue weighted by Crippen LogP contribution is 2.30. The van der Waals surface area contributed by atoms with Crippen LogP contribution < -0.4 is 5.69 Å². The lowest BCUT2D eigenvalue weighted by atomic mass is 10.2. The van der Waals surface area contributed by atoms with Gasteiger partial charge in [0.05, 0.1) is 7.11 Å². The molecule has 1 aliphatic rings. The molecule has 1 fully saturated rings. The molecule has 2 rings (SSSR count). The molecule has 1 N–H and O–H groups in total. The van der Waals surface area contributed by atoms with Gasteiger partial charge in [0, 0.05) is 26.5 Å². The van der Waals surface area contributed by atoms with Gasteiger partial charge in [0.25, 0.3) is 0 Å². The lowest BCUT2D eigenvalue weighted by Gasteiger charge is -2.17. The molecule has 2 heterocycles. The number of hydrogen-bond donors (Lipinski definition) is 1. The molecule has 0 bridgehead atoms. The van der Waals surface area contributed by atoms with Crippen molar-refractivity contribution in [3.05, 3.63) is 22.4 Å². The van der Waals surface area contributed by atoms with E-state index in [4.69, 9.17) is 14.2 Å². The second-order valence-electron chi connectivity index (χ2n) is 5.19. The van der Waals surface area contributed by atoms with Gasteiger partial charge in [0.2, 0.25) is 0 Å². The predicted molar refractivity (Wildman–Crippen MR) is 77.1 cm³/mol. The first-order chi connectivity index (χ1) is 11.3. The van der Waals surface area contributed by atoms with Gasteiger partial charge in [0.15, 0.2) is 0 Å². The monoisotopic (exact) mass is 342 g/mol. The number of H-pyrrole nitrogens is 1. The number of nitrogens with zero attached hydrogens (tertiary/aromatic N) is 1. The Balaban J connectivity index is 2.18. The van der Waals surface area contributed by atoms with Crippen LogP contribution in [0.25, 0.3) is 0 Å². The summed E-state index contributed by atoms with van der Waals surface area (Å²) in [7, 11) is 1.19. The van der Waals surface area contributed by atoms with Crippen molar-refractivity contribution in [2.75, 3.05) is 13.7 Å². The molecule has 132 valence electrons. The molecule has 0 aromatic carbocycles. The van der Waals surface area contributed by atoms with Crippen LogP contribution in [0.3, 0.4) is 0 Å². The molecule has 24 heavy (non-hydrogen) atoms. The summed E-state index contributed by atoms with van der Waals surface area (Å²) in [5.74, 6) is -1.72. The van der Waals surface area contributed by atoms with Gasteiger partial charge in [-0.15, -0.1) is 0 Å². The number of methoxy groups -OCH3 is 1. The smallest absolute Gasteiger partial charge is 0.356 e. The van der Waals surface area contributed by atoms with Crippen LogP contribution in [0.15, 0.2) is 11.0 Å². The van der Waals surface area contributed by atoms with Crippen molar-refractivity contribution in [3.63, 3.8) is 0 Å². The molecule has 0 saturated carbocycles. The van der Waals surface area contributed by atoms with E-state index in [1.54, 1.807) is 0 Å². The summed E-state index contributed by atoms with van der Waals surface area (Å²) < 4.78 is 21.4. The van der Waals surface area contributed by atoms with Crippen LogP contribution in [0, 0.1) is 0 Å². The lowest BCUT2D eigenvalue weighted by molar-refractivity contribution is -0.155. The summed E-state index contributed by atoms with van der Waals surface area (Å²) in [5.41, 5.74) is -0.603. The predicted octanol–water partition coefficient (Wildman–Crippen LogP) is -0.255. The third-order valence-electron chi connectivity index (χ3n) is 3.41. The van der Waals surface area contributed by atoms with Gasteiger partial charge in [-0.3, -0.25) is 19.1 Å². The molecule has 0 amide bonds. The molecule has 0 spiro atoms. The first-order valence-electron chi connectivity index (χ1n) is 7.17. The Morgan fingerprint density at radius 3 is 2.62 bits per heavy atom. The molecular formula is C14H18N2O8. The van der Waals surface area contributed by atoms with E-state index < -0.39 is 42.0 Å². The molecular weight excluding hydrogens is 324 g/mol. The molecule has 1 aliphatic heterocycles. The second kappa shape index (κ2) is 7.30. The summed E-state index contributed by atoms with van der Waals surface area (Å²) in [6, 6.07) is 0. The lowest BCUT2D eigenvalue weighted by Crippen LogP contribution is -2.31. The molecule has 1 aromatic rings. The average Bonchev–Trinajstić information content (AvgIpc) is 3.07. The van der Waals surface area contributed by atoms with Crippen molar-refractivity contribution in [1.82, 2.24) is 9.55 Å². The Hall–Kier alpha value is -2.62. The van der Waals surface area contributed by atoms with Crippen molar-refractivity contribution < 1.29 is 33.3 Å². The summed E-state index contributed by atoms with van der Waals surface area (Å²) in [6.07, 6.45) is -0.750. The van der Waals surface area contributed by atoms with E-state index >= 15 is 0 Å². The minimum absolute atomic E-state index is 0.0291. The Morgan fingerprint density at radius 1 is 1.33 bits per heavy atom. The van der Waals surface area contributed by atoms with Gasteiger partial charge in [-0.05, 0) is 0 Å². The Labute approximate surface area is 136 Å². The van der Waals surface area contributed by atoms with E-state index in [0.717, 1.165) is 4.57 Å². The molecule has 0 aliphatic carbocycles. The van der Waals surface area contributed by atoms with Crippen LogP contribution in [0.2, 0.25) is 0 Å². The number of hydrogen-bond acceptors (Lipinski definition) is 8. The largest absolute Gasteiger partial charge is 0.464 e. The SMILES string of the molecule is COC(=O)c1cn([C@H]2C[C@H](OC(C)=O)[C@@H](COC(C)=O)O2)c(=O)[nH]1. The number of aromatic amines is 1. The number of ether oxygens (including phenoxy) is 4. The zero-order valence-corrected chi connectivity index (χ0v) is 13.4. The number of rotatable bonds is 5. The molecule has 1 aromatic heterocycles. The zero-order valence-electron chi connectivity index (χ0n) is 13.4. The number of imidazole rings is 1. The van der Waals surface area contributed by atoms with E-state index in [0.29, 0.717) is 0 Å². The number of aromatic nitrogens is 2. The normalized spacial score (nSPS) is 22.9. The Bertz CT molecular complexity index is 691. The highest BCUT2D eigenvalue weighted by Gasteiger charge is 2.40. The van der Waals surface area contributed by atoms with Crippen LogP contribution in [-0.4, -0.2) is 53.4 Å². The van der Waals surface area contributed by atoms with Crippen LogP contribution in [-0.2, 0) is 28.5 Å². The number of carbonyl (C=O) groups is 3. The van der Waals surface area contributed by atoms with Gasteiger partial charge in [-0.25, -0.2) is 9.59 Å². The molecule has 1 saturated heterocycles. The number of nitrogens with one attached hydrogen (secondary N) is 1. The summed E-state index contributed by atoms with van der Waals surface area (Å²) >= 11 is 0. The summed E-state index contributed by atoms with van der Waals surface area (Å²) in [6.45, 7) is 2.37. The highest BCUT2D eigenvalue weighted by molar-refractivity contribution is 5.86. The summed E-state index contributed by atoms with van der Waals surface area (Å²) in [4.78, 5) is 48.0. The van der Waals surface area contributed by atoms with Crippen molar-refractivity contribution in [1.29, 1.82) is 0 Å². The average molecular weight is 342 g/mol. The quantitative estimate of drug-likeness (QED) is 0.573. The van der Waals surface area contributed by atoms with Crippen molar-refractivity contribution in [2.45, 2.75) is 38.7 Å². The standard InChI is InChI=1S/C14H18N2O8/c1-7(17)22-6-11-10(23-8(2)18)4-12(24-11)16-5-9(13(19)21-3)15-14(16)20/h5,10-12H,4,6H2,1-3H3,(H,15,20)/t10-,11+,12+/m0/s1.